The third kappa shape index (κ3) is 5.56. The summed E-state index contributed by atoms with van der Waals surface area (Å²) in [5.74, 6) is -0.140. The Kier molecular flexibility index (Phi) is 7.50. The maximum atomic E-state index is 13.1. The third-order valence-corrected chi connectivity index (χ3v) is 9.19. The molecule has 1 N–H and O–H groups in total. The van der Waals surface area contributed by atoms with Crippen LogP contribution in [-0.4, -0.2) is 43.2 Å². The highest BCUT2D eigenvalue weighted by atomic mass is 32.2. The fourth-order valence-electron chi connectivity index (χ4n) is 4.40. The lowest BCUT2D eigenvalue weighted by atomic mass is 9.97. The summed E-state index contributed by atoms with van der Waals surface area (Å²) in [6, 6.07) is 13.7. The molecule has 3 aromatic rings. The van der Waals surface area contributed by atoms with Crippen LogP contribution in [0.3, 0.4) is 0 Å². The molecular weight excluding hydrogens is 466 g/mol. The number of sulfonamides is 1. The maximum Gasteiger partial charge on any atom is 0.243 e. The number of hydrogen-bond donors (Lipinski definition) is 1. The molecule has 0 unspecified atom stereocenters. The van der Waals surface area contributed by atoms with Crippen LogP contribution in [-0.2, 0) is 21.2 Å². The Morgan fingerprint density at radius 2 is 1.79 bits per heavy atom. The lowest BCUT2D eigenvalue weighted by Gasteiger charge is -2.31. The fraction of sp³-hybridized carbons (Fsp3) is 0.385. The molecule has 180 valence electrons. The van der Waals surface area contributed by atoms with Crippen molar-refractivity contribution < 1.29 is 13.2 Å². The van der Waals surface area contributed by atoms with Gasteiger partial charge in [0.15, 0.2) is 0 Å². The van der Waals surface area contributed by atoms with Crippen LogP contribution in [0.1, 0.15) is 34.5 Å². The van der Waals surface area contributed by atoms with Gasteiger partial charge in [0.05, 0.1) is 15.6 Å². The van der Waals surface area contributed by atoms with E-state index in [1.54, 1.807) is 17.4 Å². The van der Waals surface area contributed by atoms with E-state index in [0.29, 0.717) is 37.4 Å². The molecule has 6 nitrogen and oxygen atoms in total. The second-order valence-electron chi connectivity index (χ2n) is 8.94. The SMILES string of the molecule is Cc1ccc(S(=O)(=O)N2CCC(C(=O)NCCc3ccc(-c4csc(C)n4)cc3)CC2)c(C)c1. The molecule has 1 saturated heterocycles. The van der Waals surface area contributed by atoms with E-state index in [2.05, 4.69) is 39.9 Å². The van der Waals surface area contributed by atoms with Crippen molar-refractivity contribution >= 4 is 27.3 Å². The Labute approximate surface area is 206 Å². The number of aryl methyl sites for hydroxylation is 3. The minimum Gasteiger partial charge on any atom is -0.356 e. The van der Waals surface area contributed by atoms with Gasteiger partial charge in [0.1, 0.15) is 0 Å². The van der Waals surface area contributed by atoms with E-state index in [4.69, 9.17) is 0 Å². The number of nitrogens with one attached hydrogen (secondary N) is 1. The number of amides is 1. The number of aromatic nitrogens is 1. The van der Waals surface area contributed by atoms with Gasteiger partial charge < -0.3 is 5.32 Å². The Morgan fingerprint density at radius 1 is 1.09 bits per heavy atom. The zero-order valence-corrected chi connectivity index (χ0v) is 21.5. The Bertz CT molecular complexity index is 1260. The first-order valence-corrected chi connectivity index (χ1v) is 13.9. The predicted octanol–water partition coefficient (Wildman–Crippen LogP) is 4.49. The summed E-state index contributed by atoms with van der Waals surface area (Å²) in [6.45, 7) is 7.07. The number of nitrogens with zero attached hydrogens (tertiary/aromatic N) is 2. The number of piperidine rings is 1. The molecule has 34 heavy (non-hydrogen) atoms. The summed E-state index contributed by atoms with van der Waals surface area (Å²) in [5, 5.41) is 6.14. The molecule has 1 aliphatic rings. The Morgan fingerprint density at radius 3 is 2.41 bits per heavy atom. The van der Waals surface area contributed by atoms with Gasteiger partial charge in [-0.1, -0.05) is 42.0 Å². The molecule has 0 radical (unpaired) electrons. The van der Waals surface area contributed by atoms with Crippen molar-refractivity contribution in [2.75, 3.05) is 19.6 Å². The molecular formula is C26H31N3O3S2. The molecule has 0 bridgehead atoms. The first-order valence-electron chi connectivity index (χ1n) is 11.6. The highest BCUT2D eigenvalue weighted by Gasteiger charge is 2.32. The smallest absolute Gasteiger partial charge is 0.243 e. The molecule has 4 rings (SSSR count). The highest BCUT2D eigenvalue weighted by molar-refractivity contribution is 7.89. The average molecular weight is 498 g/mol. The zero-order chi connectivity index (χ0) is 24.3. The molecule has 1 fully saturated rings. The number of benzene rings is 2. The van der Waals surface area contributed by atoms with Gasteiger partial charge in [-0.2, -0.15) is 4.31 Å². The lowest BCUT2D eigenvalue weighted by molar-refractivity contribution is -0.126. The van der Waals surface area contributed by atoms with E-state index in [1.165, 1.54) is 4.31 Å². The van der Waals surface area contributed by atoms with E-state index in [9.17, 15) is 13.2 Å². The minimum absolute atomic E-state index is 0.0122. The summed E-state index contributed by atoms with van der Waals surface area (Å²) < 4.78 is 27.6. The second kappa shape index (κ2) is 10.4. The molecule has 1 aliphatic heterocycles. The molecule has 2 aromatic carbocycles. The van der Waals surface area contributed by atoms with Gasteiger partial charge in [-0.05, 0) is 57.2 Å². The van der Waals surface area contributed by atoms with Crippen molar-refractivity contribution in [3.05, 3.63) is 69.5 Å². The first kappa shape index (κ1) is 24.6. The van der Waals surface area contributed by atoms with Gasteiger partial charge in [-0.15, -0.1) is 11.3 Å². The van der Waals surface area contributed by atoms with Crippen LogP contribution in [0.4, 0.5) is 0 Å². The van der Waals surface area contributed by atoms with Crippen molar-refractivity contribution in [1.82, 2.24) is 14.6 Å². The quantitative estimate of drug-likeness (QED) is 0.521. The second-order valence-corrected chi connectivity index (χ2v) is 11.9. The number of carbonyl (C=O) groups is 1. The normalized spacial score (nSPS) is 15.4. The van der Waals surface area contributed by atoms with Gasteiger partial charge in [0, 0.05) is 36.5 Å². The van der Waals surface area contributed by atoms with E-state index >= 15 is 0 Å². The Balaban J connectivity index is 1.25. The van der Waals surface area contributed by atoms with Crippen LogP contribution in [0.15, 0.2) is 52.7 Å². The van der Waals surface area contributed by atoms with Gasteiger partial charge >= 0.3 is 0 Å². The summed E-state index contributed by atoms with van der Waals surface area (Å²) in [5.41, 5.74) is 5.05. The van der Waals surface area contributed by atoms with Gasteiger partial charge in [-0.3, -0.25) is 4.79 Å². The average Bonchev–Trinajstić information content (AvgIpc) is 3.25. The minimum atomic E-state index is -3.54. The van der Waals surface area contributed by atoms with E-state index < -0.39 is 10.0 Å². The number of rotatable bonds is 7. The largest absolute Gasteiger partial charge is 0.356 e. The summed E-state index contributed by atoms with van der Waals surface area (Å²) in [6.07, 6.45) is 1.83. The monoisotopic (exact) mass is 497 g/mol. The maximum absolute atomic E-state index is 13.1. The summed E-state index contributed by atoms with van der Waals surface area (Å²) >= 11 is 1.64. The van der Waals surface area contributed by atoms with Crippen molar-refractivity contribution in [3.63, 3.8) is 0 Å². The molecule has 1 amide bonds. The van der Waals surface area contributed by atoms with Crippen molar-refractivity contribution in [2.24, 2.45) is 5.92 Å². The van der Waals surface area contributed by atoms with Crippen LogP contribution in [0.25, 0.3) is 11.3 Å². The number of carbonyl (C=O) groups excluding carboxylic acids is 1. The molecule has 0 saturated carbocycles. The molecule has 0 aliphatic carbocycles. The molecule has 1 aromatic heterocycles. The zero-order valence-electron chi connectivity index (χ0n) is 19.9. The standard InChI is InChI=1S/C26H31N3O3S2/c1-18-4-9-25(19(2)16-18)34(31,32)29-14-11-23(12-15-29)26(30)27-13-10-21-5-7-22(8-6-21)24-17-33-20(3)28-24/h4-9,16-17,23H,10-15H2,1-3H3,(H,27,30). The van der Waals surface area contributed by atoms with Crippen LogP contribution < -0.4 is 5.32 Å². The molecule has 8 heteroatoms. The van der Waals surface area contributed by atoms with Crippen LogP contribution in [0.5, 0.6) is 0 Å². The van der Waals surface area contributed by atoms with E-state index in [-0.39, 0.29) is 11.8 Å². The van der Waals surface area contributed by atoms with E-state index in [0.717, 1.165) is 39.4 Å². The van der Waals surface area contributed by atoms with Crippen LogP contribution in [0.2, 0.25) is 0 Å². The fourth-order valence-corrected chi connectivity index (χ4v) is 6.70. The summed E-state index contributed by atoms with van der Waals surface area (Å²) in [4.78, 5) is 17.5. The number of thiazole rings is 1. The van der Waals surface area contributed by atoms with Gasteiger partial charge in [-0.25, -0.2) is 13.4 Å². The van der Waals surface area contributed by atoms with Crippen molar-refractivity contribution in [1.29, 1.82) is 0 Å². The molecule has 0 spiro atoms. The van der Waals surface area contributed by atoms with Crippen LogP contribution >= 0.6 is 11.3 Å². The van der Waals surface area contributed by atoms with Crippen LogP contribution in [0, 0.1) is 26.7 Å². The van der Waals surface area contributed by atoms with Gasteiger partial charge in [0.2, 0.25) is 15.9 Å². The highest BCUT2D eigenvalue weighted by Crippen LogP contribution is 2.26. The van der Waals surface area contributed by atoms with E-state index in [1.807, 2.05) is 32.9 Å². The topological polar surface area (TPSA) is 79.4 Å². The van der Waals surface area contributed by atoms with Crippen molar-refractivity contribution in [2.45, 2.75) is 44.9 Å². The molecule has 0 atom stereocenters. The number of hydrogen-bond acceptors (Lipinski definition) is 5. The lowest BCUT2D eigenvalue weighted by Crippen LogP contribution is -2.43. The van der Waals surface area contributed by atoms with Gasteiger partial charge in [0.25, 0.3) is 0 Å². The third-order valence-electron chi connectivity index (χ3n) is 6.35. The Hall–Kier alpha value is -2.55. The summed E-state index contributed by atoms with van der Waals surface area (Å²) in [7, 11) is -3.54. The first-order chi connectivity index (χ1) is 16.2. The molecule has 2 heterocycles. The predicted molar refractivity (Wildman–Crippen MR) is 136 cm³/mol. The van der Waals surface area contributed by atoms with Crippen molar-refractivity contribution in [3.8, 4) is 11.3 Å².